The molecule has 1 aromatic rings. The van der Waals surface area contributed by atoms with Gasteiger partial charge in [0, 0.05) is 6.61 Å². The van der Waals surface area contributed by atoms with Crippen LogP contribution in [0.2, 0.25) is 0 Å². The second kappa shape index (κ2) is 5.88. The molecule has 0 amide bonds. The zero-order valence-electron chi connectivity index (χ0n) is 12.6. The molecular weight excluding hydrogens is 220 g/mol. The molecule has 1 N–H and O–H groups in total. The molecule has 1 aromatic carbocycles. The van der Waals surface area contributed by atoms with E-state index in [0.29, 0.717) is 0 Å². The summed E-state index contributed by atoms with van der Waals surface area (Å²) >= 11 is 0. The summed E-state index contributed by atoms with van der Waals surface area (Å²) in [6.07, 6.45) is 3.03. The van der Waals surface area contributed by atoms with Crippen molar-refractivity contribution >= 4 is 0 Å². The van der Waals surface area contributed by atoms with Crippen molar-refractivity contribution in [1.29, 1.82) is 0 Å². The number of benzene rings is 1. The molecule has 0 saturated heterocycles. The van der Waals surface area contributed by atoms with Gasteiger partial charge in [0.1, 0.15) is 0 Å². The van der Waals surface area contributed by atoms with Gasteiger partial charge in [-0.15, -0.1) is 0 Å². The van der Waals surface area contributed by atoms with Crippen LogP contribution in [0.4, 0.5) is 0 Å². The molecule has 1 heteroatoms. The first kappa shape index (κ1) is 15.2. The molecule has 0 unspecified atom stereocenters. The minimum Gasteiger partial charge on any atom is -0.396 e. The molecule has 0 radical (unpaired) electrons. The van der Waals surface area contributed by atoms with Gasteiger partial charge >= 0.3 is 0 Å². The number of hydrogen-bond donors (Lipinski definition) is 1. The SMILES string of the molecule is CCC(CC)(CO)Cc1ccc(C(C)(C)C)cc1. The van der Waals surface area contributed by atoms with Gasteiger partial charge in [-0.05, 0) is 41.2 Å². The van der Waals surface area contributed by atoms with E-state index in [-0.39, 0.29) is 17.4 Å². The quantitative estimate of drug-likeness (QED) is 0.822. The van der Waals surface area contributed by atoms with E-state index in [9.17, 15) is 5.11 Å². The Hall–Kier alpha value is -0.820. The molecule has 0 aliphatic carbocycles. The average molecular weight is 248 g/mol. The molecule has 1 nitrogen and oxygen atoms in total. The molecule has 0 aliphatic rings. The van der Waals surface area contributed by atoms with E-state index in [1.165, 1.54) is 11.1 Å². The minimum absolute atomic E-state index is 0.0588. The fourth-order valence-electron chi connectivity index (χ4n) is 2.34. The monoisotopic (exact) mass is 248 g/mol. The van der Waals surface area contributed by atoms with Gasteiger partial charge in [-0.25, -0.2) is 0 Å². The Morgan fingerprint density at radius 3 is 1.78 bits per heavy atom. The maximum atomic E-state index is 9.62. The molecule has 1 rings (SSSR count). The van der Waals surface area contributed by atoms with E-state index < -0.39 is 0 Å². The first-order chi connectivity index (χ1) is 8.37. The Labute approximate surface area is 112 Å². The van der Waals surface area contributed by atoms with Crippen LogP contribution in [0.5, 0.6) is 0 Å². The summed E-state index contributed by atoms with van der Waals surface area (Å²) in [4.78, 5) is 0. The normalized spacial score (nSPS) is 12.8. The predicted octanol–water partition coefficient (Wildman–Crippen LogP) is 4.33. The topological polar surface area (TPSA) is 20.2 Å². The van der Waals surface area contributed by atoms with Crippen molar-refractivity contribution in [3.8, 4) is 0 Å². The van der Waals surface area contributed by atoms with E-state index in [4.69, 9.17) is 0 Å². The fourth-order valence-corrected chi connectivity index (χ4v) is 2.34. The lowest BCUT2D eigenvalue weighted by molar-refractivity contribution is 0.115. The van der Waals surface area contributed by atoms with Crippen LogP contribution in [0.25, 0.3) is 0 Å². The summed E-state index contributed by atoms with van der Waals surface area (Å²) in [6, 6.07) is 8.89. The van der Waals surface area contributed by atoms with Gasteiger partial charge in [-0.2, -0.15) is 0 Å². The number of rotatable bonds is 5. The highest BCUT2D eigenvalue weighted by atomic mass is 16.3. The average Bonchev–Trinajstić information content (AvgIpc) is 2.36. The van der Waals surface area contributed by atoms with Crippen molar-refractivity contribution < 1.29 is 5.11 Å². The summed E-state index contributed by atoms with van der Waals surface area (Å²) in [5.41, 5.74) is 2.97. The lowest BCUT2D eigenvalue weighted by atomic mass is 9.77. The molecule has 0 heterocycles. The Morgan fingerprint density at radius 1 is 0.944 bits per heavy atom. The highest BCUT2D eigenvalue weighted by molar-refractivity contribution is 5.28. The van der Waals surface area contributed by atoms with Crippen LogP contribution in [0, 0.1) is 5.41 Å². The van der Waals surface area contributed by atoms with Crippen LogP contribution in [-0.2, 0) is 11.8 Å². The molecule has 18 heavy (non-hydrogen) atoms. The van der Waals surface area contributed by atoms with Crippen LogP contribution in [0.3, 0.4) is 0 Å². The van der Waals surface area contributed by atoms with Gasteiger partial charge in [0.2, 0.25) is 0 Å². The van der Waals surface area contributed by atoms with Gasteiger partial charge in [0.15, 0.2) is 0 Å². The summed E-state index contributed by atoms with van der Waals surface area (Å²) in [5.74, 6) is 0. The van der Waals surface area contributed by atoms with E-state index in [0.717, 1.165) is 19.3 Å². The third-order valence-corrected chi connectivity index (χ3v) is 4.23. The highest BCUT2D eigenvalue weighted by Gasteiger charge is 2.25. The van der Waals surface area contributed by atoms with Crippen LogP contribution in [-0.4, -0.2) is 11.7 Å². The third kappa shape index (κ3) is 3.58. The number of aliphatic hydroxyl groups is 1. The number of hydrogen-bond acceptors (Lipinski definition) is 1. The molecule has 0 fully saturated rings. The molecule has 0 aromatic heterocycles. The zero-order valence-corrected chi connectivity index (χ0v) is 12.6. The molecule has 0 saturated carbocycles. The standard InChI is InChI=1S/C17H28O/c1-6-17(7-2,13-18)12-14-8-10-15(11-9-14)16(3,4)5/h8-11,18H,6-7,12-13H2,1-5H3. The Morgan fingerprint density at radius 2 is 1.44 bits per heavy atom. The van der Waals surface area contributed by atoms with E-state index >= 15 is 0 Å². The van der Waals surface area contributed by atoms with Crippen molar-refractivity contribution in [3.63, 3.8) is 0 Å². The first-order valence-corrected chi connectivity index (χ1v) is 7.07. The Balaban J connectivity index is 2.86. The zero-order chi connectivity index (χ0) is 13.8. The Bertz CT molecular complexity index is 344. The molecule has 0 bridgehead atoms. The molecular formula is C17H28O. The van der Waals surface area contributed by atoms with Gasteiger partial charge in [0.05, 0.1) is 0 Å². The second-order valence-electron chi connectivity index (χ2n) is 6.49. The van der Waals surface area contributed by atoms with Crippen molar-refractivity contribution in [2.45, 2.75) is 59.3 Å². The lowest BCUT2D eigenvalue weighted by Gasteiger charge is -2.29. The first-order valence-electron chi connectivity index (χ1n) is 7.07. The minimum atomic E-state index is 0.0588. The number of aliphatic hydroxyl groups excluding tert-OH is 1. The van der Waals surface area contributed by atoms with Crippen molar-refractivity contribution in [3.05, 3.63) is 35.4 Å². The van der Waals surface area contributed by atoms with Crippen LogP contribution >= 0.6 is 0 Å². The summed E-state index contributed by atoms with van der Waals surface area (Å²) in [6.45, 7) is 11.3. The van der Waals surface area contributed by atoms with Gasteiger partial charge < -0.3 is 5.11 Å². The van der Waals surface area contributed by atoms with Gasteiger partial charge in [-0.3, -0.25) is 0 Å². The molecule has 0 atom stereocenters. The summed E-state index contributed by atoms with van der Waals surface area (Å²) in [5, 5.41) is 9.62. The van der Waals surface area contributed by atoms with Crippen molar-refractivity contribution in [2.24, 2.45) is 5.41 Å². The van der Waals surface area contributed by atoms with Crippen LogP contribution < -0.4 is 0 Å². The van der Waals surface area contributed by atoms with E-state index in [1.54, 1.807) is 0 Å². The van der Waals surface area contributed by atoms with Gasteiger partial charge in [-0.1, -0.05) is 58.9 Å². The Kier molecular flexibility index (Phi) is 4.98. The molecule has 102 valence electrons. The second-order valence-corrected chi connectivity index (χ2v) is 6.49. The van der Waals surface area contributed by atoms with Gasteiger partial charge in [0.25, 0.3) is 0 Å². The van der Waals surface area contributed by atoms with Crippen LogP contribution in [0.15, 0.2) is 24.3 Å². The maximum Gasteiger partial charge on any atom is 0.0490 e. The van der Waals surface area contributed by atoms with E-state index in [2.05, 4.69) is 58.9 Å². The van der Waals surface area contributed by atoms with Crippen LogP contribution in [0.1, 0.15) is 58.6 Å². The highest BCUT2D eigenvalue weighted by Crippen LogP contribution is 2.31. The summed E-state index contributed by atoms with van der Waals surface area (Å²) < 4.78 is 0. The molecule has 0 spiro atoms. The lowest BCUT2D eigenvalue weighted by Crippen LogP contribution is -2.26. The molecule has 0 aliphatic heterocycles. The smallest absolute Gasteiger partial charge is 0.0490 e. The van der Waals surface area contributed by atoms with E-state index in [1.807, 2.05) is 0 Å². The third-order valence-electron chi connectivity index (χ3n) is 4.23. The largest absolute Gasteiger partial charge is 0.396 e. The van der Waals surface area contributed by atoms with Crippen molar-refractivity contribution in [1.82, 2.24) is 0 Å². The van der Waals surface area contributed by atoms with Crippen molar-refractivity contribution in [2.75, 3.05) is 6.61 Å². The summed E-state index contributed by atoms with van der Waals surface area (Å²) in [7, 11) is 0. The fraction of sp³-hybridized carbons (Fsp3) is 0.647. The predicted molar refractivity (Wildman–Crippen MR) is 78.9 cm³/mol. The maximum absolute atomic E-state index is 9.62.